The van der Waals surface area contributed by atoms with E-state index < -0.39 is 11.7 Å². The van der Waals surface area contributed by atoms with Crippen LogP contribution in [-0.4, -0.2) is 39.9 Å². The molecule has 0 saturated carbocycles. The quantitative estimate of drug-likeness (QED) is 0.475. The number of amides is 1. The normalized spacial score (nSPS) is 18.4. The lowest BCUT2D eigenvalue weighted by molar-refractivity contribution is -0.137. The highest BCUT2D eigenvalue weighted by molar-refractivity contribution is 6.01. The number of aryl methyl sites for hydroxylation is 2. The van der Waals surface area contributed by atoms with Crippen molar-refractivity contribution in [1.82, 2.24) is 14.9 Å². The van der Waals surface area contributed by atoms with Gasteiger partial charge in [0.2, 0.25) is 0 Å². The summed E-state index contributed by atoms with van der Waals surface area (Å²) in [6, 6.07) is 11.9. The second-order valence-corrected chi connectivity index (χ2v) is 9.27. The molecule has 1 aromatic carbocycles. The number of likely N-dealkylation sites (tertiary alicyclic amines) is 1. The van der Waals surface area contributed by atoms with Crippen LogP contribution in [0, 0.1) is 19.8 Å². The predicted octanol–water partition coefficient (Wildman–Crippen LogP) is 6.13. The predicted molar refractivity (Wildman–Crippen MR) is 130 cm³/mol. The number of nitrogens with zero attached hydrogens (tertiary/aromatic N) is 3. The van der Waals surface area contributed by atoms with Crippen molar-refractivity contribution in [3.05, 3.63) is 77.1 Å². The van der Waals surface area contributed by atoms with Crippen molar-refractivity contribution in [3.63, 3.8) is 0 Å². The SMILES string of the molecule is Cc1ccc(-c2ccc(C)cc2C(=O)N2CCCC(C)C2CNc2ccc(C(F)(F)F)cn2)nc1. The summed E-state index contributed by atoms with van der Waals surface area (Å²) in [7, 11) is 0. The highest BCUT2D eigenvalue weighted by Crippen LogP contribution is 2.31. The molecule has 35 heavy (non-hydrogen) atoms. The van der Waals surface area contributed by atoms with Gasteiger partial charge in [0.25, 0.3) is 5.91 Å². The van der Waals surface area contributed by atoms with Crippen LogP contribution in [0.4, 0.5) is 19.0 Å². The van der Waals surface area contributed by atoms with Gasteiger partial charge in [-0.05, 0) is 62.4 Å². The van der Waals surface area contributed by atoms with E-state index in [0.29, 0.717) is 24.5 Å². The third-order valence-electron chi connectivity index (χ3n) is 6.55. The number of alkyl halides is 3. The molecule has 2 atom stereocenters. The summed E-state index contributed by atoms with van der Waals surface area (Å²) in [5.74, 6) is 0.508. The third-order valence-corrected chi connectivity index (χ3v) is 6.55. The molecule has 1 fully saturated rings. The highest BCUT2D eigenvalue weighted by Gasteiger charge is 2.34. The fraction of sp³-hybridized carbons (Fsp3) is 0.370. The molecule has 4 rings (SSSR count). The molecule has 1 aliphatic heterocycles. The number of carbonyl (C=O) groups excluding carboxylic acids is 1. The van der Waals surface area contributed by atoms with E-state index in [1.165, 1.54) is 6.07 Å². The van der Waals surface area contributed by atoms with Crippen LogP contribution in [0.15, 0.2) is 54.9 Å². The molecule has 0 aliphatic carbocycles. The van der Waals surface area contributed by atoms with Gasteiger partial charge in [0.05, 0.1) is 17.3 Å². The number of piperidine rings is 1. The van der Waals surface area contributed by atoms with Gasteiger partial charge in [0.15, 0.2) is 0 Å². The molecule has 1 N–H and O–H groups in total. The van der Waals surface area contributed by atoms with E-state index in [1.54, 1.807) is 6.20 Å². The van der Waals surface area contributed by atoms with Gasteiger partial charge in [-0.1, -0.05) is 30.7 Å². The maximum Gasteiger partial charge on any atom is 0.417 e. The van der Waals surface area contributed by atoms with Crippen molar-refractivity contribution in [2.24, 2.45) is 5.92 Å². The first-order valence-electron chi connectivity index (χ1n) is 11.8. The van der Waals surface area contributed by atoms with E-state index in [4.69, 9.17) is 0 Å². The number of hydrogen-bond acceptors (Lipinski definition) is 4. The summed E-state index contributed by atoms with van der Waals surface area (Å²) in [6.07, 6.45) is 0.0481. The Morgan fingerprint density at radius 3 is 2.49 bits per heavy atom. The number of benzene rings is 1. The van der Waals surface area contributed by atoms with Gasteiger partial charge >= 0.3 is 6.18 Å². The minimum atomic E-state index is -4.43. The first-order chi connectivity index (χ1) is 16.6. The molecule has 2 unspecified atom stereocenters. The standard InChI is InChI=1S/C27H29F3N4O/c1-17-6-9-21(23-10-7-18(2)14-31-23)22(13-17)26(35)34-12-4-5-19(3)24(34)16-33-25-11-8-20(15-32-25)27(28,29)30/h6-11,13-15,19,24H,4-5,12,16H2,1-3H3,(H,32,33). The van der Waals surface area contributed by atoms with E-state index in [1.807, 2.05) is 49.1 Å². The Labute approximate surface area is 203 Å². The molecule has 1 aliphatic rings. The number of hydrogen-bond donors (Lipinski definition) is 1. The Morgan fingerprint density at radius 2 is 1.83 bits per heavy atom. The van der Waals surface area contributed by atoms with Gasteiger partial charge in [0.1, 0.15) is 5.82 Å². The minimum absolute atomic E-state index is 0.0650. The number of nitrogens with one attached hydrogen (secondary N) is 1. The van der Waals surface area contributed by atoms with Crippen LogP contribution in [0.5, 0.6) is 0 Å². The summed E-state index contributed by atoms with van der Waals surface area (Å²) in [6.45, 7) is 7.04. The summed E-state index contributed by atoms with van der Waals surface area (Å²) >= 11 is 0. The number of pyridine rings is 2. The summed E-state index contributed by atoms with van der Waals surface area (Å²) in [5.41, 5.74) is 3.37. The topological polar surface area (TPSA) is 58.1 Å². The van der Waals surface area contributed by atoms with Crippen molar-refractivity contribution in [1.29, 1.82) is 0 Å². The lowest BCUT2D eigenvalue weighted by Crippen LogP contribution is -2.51. The van der Waals surface area contributed by atoms with Crippen molar-refractivity contribution >= 4 is 11.7 Å². The van der Waals surface area contributed by atoms with Gasteiger partial charge in [-0.3, -0.25) is 9.78 Å². The van der Waals surface area contributed by atoms with Gasteiger partial charge in [-0.2, -0.15) is 13.2 Å². The molecule has 2 aromatic heterocycles. The Morgan fingerprint density at radius 1 is 1.06 bits per heavy atom. The van der Waals surface area contributed by atoms with E-state index in [0.717, 1.165) is 47.5 Å². The molecule has 3 aromatic rings. The number of anilines is 1. The van der Waals surface area contributed by atoms with E-state index in [9.17, 15) is 18.0 Å². The van der Waals surface area contributed by atoms with Gasteiger partial charge in [0, 0.05) is 36.6 Å². The summed E-state index contributed by atoms with van der Waals surface area (Å²) < 4.78 is 38.5. The second-order valence-electron chi connectivity index (χ2n) is 9.27. The lowest BCUT2D eigenvalue weighted by atomic mass is 9.89. The third kappa shape index (κ3) is 5.63. The molecule has 0 spiro atoms. The fourth-order valence-electron chi connectivity index (χ4n) is 4.53. The smallest absolute Gasteiger partial charge is 0.368 e. The van der Waals surface area contributed by atoms with Crippen molar-refractivity contribution in [2.75, 3.05) is 18.4 Å². The average molecular weight is 483 g/mol. The van der Waals surface area contributed by atoms with Crippen LogP contribution in [0.3, 0.4) is 0 Å². The zero-order valence-electron chi connectivity index (χ0n) is 20.1. The summed E-state index contributed by atoms with van der Waals surface area (Å²) in [4.78, 5) is 24.2. The van der Waals surface area contributed by atoms with Crippen LogP contribution in [-0.2, 0) is 6.18 Å². The number of carbonyl (C=O) groups is 1. The molecule has 0 bridgehead atoms. The van der Waals surface area contributed by atoms with Gasteiger partial charge in [-0.15, -0.1) is 0 Å². The first-order valence-corrected chi connectivity index (χ1v) is 11.8. The zero-order valence-corrected chi connectivity index (χ0v) is 20.1. The molecule has 3 heterocycles. The molecular weight excluding hydrogens is 453 g/mol. The van der Waals surface area contributed by atoms with Crippen LogP contribution >= 0.6 is 0 Å². The number of aromatic nitrogens is 2. The Bertz CT molecular complexity index is 1180. The minimum Gasteiger partial charge on any atom is -0.368 e. The zero-order chi connectivity index (χ0) is 25.2. The van der Waals surface area contributed by atoms with E-state index in [-0.39, 0.29) is 17.9 Å². The van der Waals surface area contributed by atoms with Crippen LogP contribution in [0.1, 0.15) is 46.8 Å². The van der Waals surface area contributed by atoms with Crippen molar-refractivity contribution in [3.8, 4) is 11.3 Å². The lowest BCUT2D eigenvalue weighted by Gasteiger charge is -2.40. The maximum absolute atomic E-state index is 13.9. The molecule has 8 heteroatoms. The Hall–Kier alpha value is -3.42. The second kappa shape index (κ2) is 10.1. The molecular formula is C27H29F3N4O. The largest absolute Gasteiger partial charge is 0.417 e. The van der Waals surface area contributed by atoms with Crippen LogP contribution in [0.2, 0.25) is 0 Å². The van der Waals surface area contributed by atoms with E-state index >= 15 is 0 Å². The van der Waals surface area contributed by atoms with Gasteiger partial charge < -0.3 is 10.2 Å². The summed E-state index contributed by atoms with van der Waals surface area (Å²) in [5, 5.41) is 3.14. The molecule has 5 nitrogen and oxygen atoms in total. The van der Waals surface area contributed by atoms with Gasteiger partial charge in [-0.25, -0.2) is 4.98 Å². The van der Waals surface area contributed by atoms with Crippen molar-refractivity contribution < 1.29 is 18.0 Å². The maximum atomic E-state index is 13.9. The highest BCUT2D eigenvalue weighted by atomic mass is 19.4. The molecule has 0 radical (unpaired) electrons. The van der Waals surface area contributed by atoms with Crippen molar-refractivity contribution in [2.45, 2.75) is 45.8 Å². The Balaban J connectivity index is 1.58. The average Bonchev–Trinajstić information content (AvgIpc) is 2.83. The van der Waals surface area contributed by atoms with E-state index in [2.05, 4.69) is 22.2 Å². The number of halogens is 3. The van der Waals surface area contributed by atoms with Crippen LogP contribution < -0.4 is 5.32 Å². The monoisotopic (exact) mass is 482 g/mol. The van der Waals surface area contributed by atoms with Crippen LogP contribution in [0.25, 0.3) is 11.3 Å². The Kier molecular flexibility index (Phi) is 7.10. The molecule has 1 amide bonds. The number of rotatable bonds is 5. The molecule has 1 saturated heterocycles. The fourth-order valence-corrected chi connectivity index (χ4v) is 4.53. The molecule has 184 valence electrons. The first kappa shape index (κ1) is 24.7.